The SMILES string of the molecule is Cc1ccc(C)c(NC(=O)C(=O)c2c(-c3ccccc3)cc3ccccn23)c1. The smallest absolute Gasteiger partial charge is 0.298 e. The number of rotatable bonds is 4. The molecule has 0 atom stereocenters. The number of amides is 1. The highest BCUT2D eigenvalue weighted by molar-refractivity contribution is 6.47. The van der Waals surface area contributed by atoms with Gasteiger partial charge in [-0.15, -0.1) is 0 Å². The van der Waals surface area contributed by atoms with Crippen LogP contribution in [0.25, 0.3) is 16.6 Å². The average molecular weight is 368 g/mol. The zero-order chi connectivity index (χ0) is 19.7. The summed E-state index contributed by atoms with van der Waals surface area (Å²) in [6, 6.07) is 23.0. The van der Waals surface area contributed by atoms with Crippen molar-refractivity contribution >= 4 is 22.9 Å². The summed E-state index contributed by atoms with van der Waals surface area (Å²) in [4.78, 5) is 26.0. The summed E-state index contributed by atoms with van der Waals surface area (Å²) < 4.78 is 1.77. The molecule has 0 aliphatic carbocycles. The summed E-state index contributed by atoms with van der Waals surface area (Å²) >= 11 is 0. The van der Waals surface area contributed by atoms with Crippen molar-refractivity contribution in [3.63, 3.8) is 0 Å². The van der Waals surface area contributed by atoms with Crippen LogP contribution in [0.5, 0.6) is 0 Å². The number of carbonyl (C=O) groups excluding carboxylic acids is 2. The van der Waals surface area contributed by atoms with Crippen LogP contribution in [0.3, 0.4) is 0 Å². The Morgan fingerprint density at radius 1 is 0.857 bits per heavy atom. The molecule has 4 nitrogen and oxygen atoms in total. The molecule has 28 heavy (non-hydrogen) atoms. The Hall–Kier alpha value is -3.66. The number of carbonyl (C=O) groups is 2. The topological polar surface area (TPSA) is 50.6 Å². The number of Topliss-reactive ketones (excluding diaryl/α,β-unsaturated/α-hetero) is 1. The molecular formula is C24H20N2O2. The van der Waals surface area contributed by atoms with Crippen molar-refractivity contribution in [2.24, 2.45) is 0 Å². The molecule has 138 valence electrons. The molecule has 0 saturated heterocycles. The third-order valence-electron chi connectivity index (χ3n) is 4.83. The van der Waals surface area contributed by atoms with Gasteiger partial charge in [-0.2, -0.15) is 0 Å². The summed E-state index contributed by atoms with van der Waals surface area (Å²) in [5, 5.41) is 2.78. The number of aromatic nitrogens is 1. The first kappa shape index (κ1) is 17.7. The minimum Gasteiger partial charge on any atom is -0.319 e. The molecule has 2 aromatic heterocycles. The first-order valence-corrected chi connectivity index (χ1v) is 9.13. The minimum atomic E-state index is -0.644. The Kier molecular flexibility index (Phi) is 4.53. The van der Waals surface area contributed by atoms with Crippen molar-refractivity contribution in [2.75, 3.05) is 5.32 Å². The van der Waals surface area contributed by atoms with Crippen LogP contribution in [0.2, 0.25) is 0 Å². The number of hydrogen-bond acceptors (Lipinski definition) is 2. The Balaban J connectivity index is 1.78. The Morgan fingerprint density at radius 3 is 2.39 bits per heavy atom. The van der Waals surface area contributed by atoms with E-state index in [1.165, 1.54) is 0 Å². The summed E-state index contributed by atoms with van der Waals surface area (Å²) in [7, 11) is 0. The Morgan fingerprint density at radius 2 is 1.61 bits per heavy atom. The van der Waals surface area contributed by atoms with E-state index in [0.717, 1.165) is 27.8 Å². The largest absolute Gasteiger partial charge is 0.319 e. The van der Waals surface area contributed by atoms with Crippen LogP contribution in [0.4, 0.5) is 5.69 Å². The second kappa shape index (κ2) is 7.16. The quantitative estimate of drug-likeness (QED) is 0.405. The van der Waals surface area contributed by atoms with Gasteiger partial charge in [-0.1, -0.05) is 48.5 Å². The van der Waals surface area contributed by atoms with E-state index in [2.05, 4.69) is 5.32 Å². The molecule has 0 fully saturated rings. The number of anilines is 1. The van der Waals surface area contributed by atoms with Gasteiger partial charge in [0.25, 0.3) is 11.7 Å². The van der Waals surface area contributed by atoms with E-state index in [9.17, 15) is 9.59 Å². The van der Waals surface area contributed by atoms with Crippen molar-refractivity contribution in [2.45, 2.75) is 13.8 Å². The van der Waals surface area contributed by atoms with E-state index in [0.29, 0.717) is 11.4 Å². The molecule has 0 spiro atoms. The number of fused-ring (bicyclic) bond motifs is 1. The van der Waals surface area contributed by atoms with Crippen LogP contribution >= 0.6 is 0 Å². The molecule has 4 heteroatoms. The molecule has 0 aliphatic heterocycles. The van der Waals surface area contributed by atoms with Crippen molar-refractivity contribution in [1.82, 2.24) is 4.40 Å². The lowest BCUT2D eigenvalue weighted by molar-refractivity contribution is -0.112. The van der Waals surface area contributed by atoms with E-state index >= 15 is 0 Å². The normalized spacial score (nSPS) is 10.8. The van der Waals surface area contributed by atoms with Crippen molar-refractivity contribution in [1.29, 1.82) is 0 Å². The van der Waals surface area contributed by atoms with Gasteiger partial charge in [0.05, 0.1) is 0 Å². The molecule has 0 unspecified atom stereocenters. The molecule has 2 heterocycles. The third-order valence-corrected chi connectivity index (χ3v) is 4.83. The molecule has 0 aliphatic rings. The number of aryl methyl sites for hydroxylation is 2. The highest BCUT2D eigenvalue weighted by Crippen LogP contribution is 2.28. The second-order valence-corrected chi connectivity index (χ2v) is 6.87. The molecule has 1 N–H and O–H groups in total. The number of hydrogen-bond donors (Lipinski definition) is 1. The zero-order valence-electron chi connectivity index (χ0n) is 15.8. The summed E-state index contributed by atoms with van der Waals surface area (Å²) in [5.41, 5.74) is 5.46. The van der Waals surface area contributed by atoms with Gasteiger partial charge in [0.2, 0.25) is 0 Å². The summed E-state index contributed by atoms with van der Waals surface area (Å²) in [6.07, 6.45) is 1.81. The fraction of sp³-hybridized carbons (Fsp3) is 0.0833. The monoisotopic (exact) mass is 368 g/mol. The molecule has 0 saturated carbocycles. The van der Waals surface area contributed by atoms with Crippen LogP contribution in [-0.2, 0) is 4.79 Å². The number of ketones is 1. The maximum atomic E-state index is 13.2. The van der Waals surface area contributed by atoms with Crippen molar-refractivity contribution < 1.29 is 9.59 Å². The molecule has 0 bridgehead atoms. The van der Waals surface area contributed by atoms with Gasteiger partial charge in [0.15, 0.2) is 0 Å². The standard InChI is InChI=1S/C24H20N2O2/c1-16-11-12-17(2)21(14-16)25-24(28)23(27)22-20(18-8-4-3-5-9-18)15-19-10-6-7-13-26(19)22/h3-15H,1-2H3,(H,25,28). The highest BCUT2D eigenvalue weighted by atomic mass is 16.2. The van der Waals surface area contributed by atoms with Gasteiger partial charge in [-0.3, -0.25) is 9.59 Å². The van der Waals surface area contributed by atoms with Gasteiger partial charge in [-0.25, -0.2) is 0 Å². The lowest BCUT2D eigenvalue weighted by Gasteiger charge is -2.10. The maximum absolute atomic E-state index is 13.2. The van der Waals surface area contributed by atoms with Crippen LogP contribution in [0.15, 0.2) is 79.0 Å². The van der Waals surface area contributed by atoms with Crippen LogP contribution in [0, 0.1) is 13.8 Å². The fourth-order valence-corrected chi connectivity index (χ4v) is 3.35. The second-order valence-electron chi connectivity index (χ2n) is 6.87. The summed E-state index contributed by atoms with van der Waals surface area (Å²) in [5.74, 6) is -1.21. The first-order chi connectivity index (χ1) is 13.5. The zero-order valence-corrected chi connectivity index (χ0v) is 15.8. The molecule has 4 rings (SSSR count). The average Bonchev–Trinajstić information content (AvgIpc) is 3.10. The third kappa shape index (κ3) is 3.21. The molecule has 2 aromatic carbocycles. The van der Waals surface area contributed by atoms with Gasteiger partial charge >= 0.3 is 0 Å². The predicted octanol–water partition coefficient (Wildman–Crippen LogP) is 5.04. The number of nitrogens with one attached hydrogen (secondary N) is 1. The minimum absolute atomic E-state index is 0.365. The first-order valence-electron chi connectivity index (χ1n) is 9.13. The number of benzene rings is 2. The van der Waals surface area contributed by atoms with Gasteiger partial charge in [0.1, 0.15) is 5.69 Å². The number of pyridine rings is 1. The Bertz CT molecular complexity index is 1190. The van der Waals surface area contributed by atoms with Crippen molar-refractivity contribution in [3.8, 4) is 11.1 Å². The fourth-order valence-electron chi connectivity index (χ4n) is 3.35. The van der Waals surface area contributed by atoms with Gasteiger partial charge < -0.3 is 9.72 Å². The van der Waals surface area contributed by atoms with Crippen LogP contribution in [-0.4, -0.2) is 16.1 Å². The van der Waals surface area contributed by atoms with Gasteiger partial charge in [0, 0.05) is 23.0 Å². The van der Waals surface area contributed by atoms with Crippen LogP contribution < -0.4 is 5.32 Å². The Labute approximate surface area is 163 Å². The lowest BCUT2D eigenvalue weighted by atomic mass is 10.0. The molecule has 4 aromatic rings. The van der Waals surface area contributed by atoms with E-state index in [1.54, 1.807) is 10.6 Å². The van der Waals surface area contributed by atoms with Gasteiger partial charge in [-0.05, 0) is 54.8 Å². The lowest BCUT2D eigenvalue weighted by Crippen LogP contribution is -2.25. The van der Waals surface area contributed by atoms with Crippen molar-refractivity contribution in [3.05, 3.63) is 95.8 Å². The summed E-state index contributed by atoms with van der Waals surface area (Å²) in [6.45, 7) is 3.85. The molecular weight excluding hydrogens is 348 g/mol. The van der Waals surface area contributed by atoms with E-state index < -0.39 is 11.7 Å². The maximum Gasteiger partial charge on any atom is 0.298 e. The van der Waals surface area contributed by atoms with E-state index in [-0.39, 0.29) is 0 Å². The predicted molar refractivity (Wildman–Crippen MR) is 112 cm³/mol. The highest BCUT2D eigenvalue weighted by Gasteiger charge is 2.25. The van der Waals surface area contributed by atoms with E-state index in [1.807, 2.05) is 86.6 Å². The van der Waals surface area contributed by atoms with E-state index in [4.69, 9.17) is 0 Å². The van der Waals surface area contributed by atoms with Crippen LogP contribution in [0.1, 0.15) is 21.6 Å². The number of nitrogens with zero attached hydrogens (tertiary/aromatic N) is 1. The molecule has 0 radical (unpaired) electrons. The molecule has 1 amide bonds.